The van der Waals surface area contributed by atoms with Crippen LogP contribution in [0.15, 0.2) is 4.99 Å². The smallest absolute Gasteiger partial charge is 0.241 e. The molecule has 136 valence electrons. The molecule has 1 amide bonds. The molecule has 7 heteroatoms. The van der Waals surface area contributed by atoms with E-state index in [1.165, 1.54) is 25.7 Å². The van der Waals surface area contributed by atoms with Gasteiger partial charge in [0.25, 0.3) is 0 Å². The first kappa shape index (κ1) is 22.4. The van der Waals surface area contributed by atoms with Crippen LogP contribution in [0.5, 0.6) is 0 Å². The van der Waals surface area contributed by atoms with E-state index in [1.807, 2.05) is 13.8 Å². The molecule has 1 aliphatic carbocycles. The Kier molecular flexibility index (Phi) is 12.5. The maximum Gasteiger partial charge on any atom is 0.241 e. The molecule has 6 nitrogen and oxygen atoms in total. The number of likely N-dealkylation sites (N-methyl/N-ethyl adjacent to an activating group) is 1. The summed E-state index contributed by atoms with van der Waals surface area (Å²) in [6.07, 6.45) is 6.13. The highest BCUT2D eigenvalue weighted by Gasteiger charge is 2.33. The molecule has 0 bridgehead atoms. The summed E-state index contributed by atoms with van der Waals surface area (Å²) in [7, 11) is 1.76. The maximum absolute atomic E-state index is 11.5. The summed E-state index contributed by atoms with van der Waals surface area (Å²) in [6, 6.07) is 0. The molecule has 1 aliphatic rings. The van der Waals surface area contributed by atoms with Gasteiger partial charge in [-0.1, -0.05) is 12.8 Å². The monoisotopic (exact) mass is 440 g/mol. The Morgan fingerprint density at radius 3 is 2.35 bits per heavy atom. The van der Waals surface area contributed by atoms with Crippen molar-refractivity contribution in [2.45, 2.75) is 46.0 Å². The van der Waals surface area contributed by atoms with Crippen molar-refractivity contribution in [2.75, 3.05) is 39.9 Å². The zero-order valence-electron chi connectivity index (χ0n) is 14.7. The molecule has 23 heavy (non-hydrogen) atoms. The molecule has 0 saturated heterocycles. The van der Waals surface area contributed by atoms with E-state index in [9.17, 15) is 4.79 Å². The first-order valence-electron chi connectivity index (χ1n) is 8.43. The summed E-state index contributed by atoms with van der Waals surface area (Å²) in [5.74, 6) is 0.673. The summed E-state index contributed by atoms with van der Waals surface area (Å²) in [5.41, 5.74) is 0.303. The van der Waals surface area contributed by atoms with Crippen LogP contribution in [0.4, 0.5) is 0 Å². The van der Waals surface area contributed by atoms with Gasteiger partial charge in [0.15, 0.2) is 5.96 Å². The highest BCUT2D eigenvalue weighted by Crippen LogP contribution is 2.40. The van der Waals surface area contributed by atoms with Gasteiger partial charge in [-0.15, -0.1) is 24.0 Å². The number of guanidine groups is 1. The third-order valence-electron chi connectivity index (χ3n) is 4.23. The number of rotatable bonds is 9. The number of amides is 1. The number of ether oxygens (including phenoxy) is 1. The number of nitrogens with one attached hydrogen (secondary N) is 3. The van der Waals surface area contributed by atoms with Crippen LogP contribution < -0.4 is 16.0 Å². The SMILES string of the molecule is CCNC(=O)CN=C(NCC)NCC1(CCOC)CCCC1.I. The van der Waals surface area contributed by atoms with Crippen LogP contribution >= 0.6 is 24.0 Å². The van der Waals surface area contributed by atoms with Crippen LogP contribution in [0.3, 0.4) is 0 Å². The van der Waals surface area contributed by atoms with Gasteiger partial charge >= 0.3 is 0 Å². The molecule has 0 spiro atoms. The first-order valence-corrected chi connectivity index (χ1v) is 8.43. The molecule has 1 fully saturated rings. The van der Waals surface area contributed by atoms with E-state index in [-0.39, 0.29) is 36.4 Å². The van der Waals surface area contributed by atoms with Gasteiger partial charge in [0.05, 0.1) is 0 Å². The van der Waals surface area contributed by atoms with Crippen molar-refractivity contribution in [3.8, 4) is 0 Å². The van der Waals surface area contributed by atoms with Crippen LogP contribution in [0.1, 0.15) is 46.0 Å². The number of hydrogen-bond acceptors (Lipinski definition) is 3. The number of carbonyl (C=O) groups is 1. The lowest BCUT2D eigenvalue weighted by Gasteiger charge is -2.29. The summed E-state index contributed by atoms with van der Waals surface area (Å²) >= 11 is 0. The van der Waals surface area contributed by atoms with Crippen molar-refractivity contribution in [3.05, 3.63) is 0 Å². The van der Waals surface area contributed by atoms with Gasteiger partial charge < -0.3 is 20.7 Å². The number of nitrogens with zero attached hydrogens (tertiary/aromatic N) is 1. The first-order chi connectivity index (χ1) is 10.7. The van der Waals surface area contributed by atoms with Crippen LogP contribution in [-0.2, 0) is 9.53 Å². The lowest BCUT2D eigenvalue weighted by Crippen LogP contribution is -2.44. The second kappa shape index (κ2) is 12.8. The highest BCUT2D eigenvalue weighted by atomic mass is 127. The van der Waals surface area contributed by atoms with Crippen LogP contribution in [0, 0.1) is 5.41 Å². The van der Waals surface area contributed by atoms with Crippen molar-refractivity contribution in [2.24, 2.45) is 10.4 Å². The minimum Gasteiger partial charge on any atom is -0.385 e. The Labute approximate surface area is 157 Å². The number of carbonyl (C=O) groups excluding carboxylic acids is 1. The minimum atomic E-state index is -0.0466. The fraction of sp³-hybridized carbons (Fsp3) is 0.875. The minimum absolute atomic E-state index is 0. The van der Waals surface area contributed by atoms with E-state index < -0.39 is 0 Å². The van der Waals surface area contributed by atoms with E-state index >= 15 is 0 Å². The number of hydrogen-bond donors (Lipinski definition) is 3. The molecular formula is C16H33IN4O2. The number of methoxy groups -OCH3 is 1. The van der Waals surface area contributed by atoms with Crippen molar-refractivity contribution in [1.82, 2.24) is 16.0 Å². The highest BCUT2D eigenvalue weighted by molar-refractivity contribution is 14.0. The Hall–Kier alpha value is -0.570. The number of halogens is 1. The van der Waals surface area contributed by atoms with Crippen LogP contribution in [-0.4, -0.2) is 51.8 Å². The maximum atomic E-state index is 11.5. The standard InChI is InChI=1S/C16H32N4O2.HI/c1-4-17-14(21)12-19-15(18-5-2)20-13-16(10-11-22-3)8-6-7-9-16;/h4-13H2,1-3H3,(H,17,21)(H2,18,19,20);1H. The normalized spacial score (nSPS) is 16.6. The summed E-state index contributed by atoms with van der Waals surface area (Å²) in [4.78, 5) is 15.9. The Bertz CT molecular complexity index is 358. The molecule has 0 aromatic carbocycles. The van der Waals surface area contributed by atoms with Gasteiger partial charge in [-0.2, -0.15) is 0 Å². The molecule has 0 atom stereocenters. The summed E-state index contributed by atoms with van der Waals surface area (Å²) in [5, 5.41) is 9.38. The quantitative estimate of drug-likeness (QED) is 0.291. The van der Waals surface area contributed by atoms with E-state index in [4.69, 9.17) is 4.74 Å². The molecule has 0 unspecified atom stereocenters. The molecule has 3 N–H and O–H groups in total. The largest absolute Gasteiger partial charge is 0.385 e. The van der Waals surface area contributed by atoms with Gasteiger partial charge in [0.2, 0.25) is 5.91 Å². The molecular weight excluding hydrogens is 407 g/mol. The van der Waals surface area contributed by atoms with Crippen LogP contribution in [0.25, 0.3) is 0 Å². The molecule has 0 aromatic rings. The zero-order chi connectivity index (χ0) is 16.3. The van der Waals surface area contributed by atoms with E-state index in [0.717, 1.165) is 32.1 Å². The fourth-order valence-electron chi connectivity index (χ4n) is 2.98. The van der Waals surface area contributed by atoms with E-state index in [1.54, 1.807) is 7.11 Å². The van der Waals surface area contributed by atoms with Crippen molar-refractivity contribution < 1.29 is 9.53 Å². The third kappa shape index (κ3) is 8.74. The average Bonchev–Trinajstić information content (AvgIpc) is 2.98. The second-order valence-electron chi connectivity index (χ2n) is 5.95. The van der Waals surface area contributed by atoms with Gasteiger partial charge in [-0.05, 0) is 38.5 Å². The van der Waals surface area contributed by atoms with Gasteiger partial charge in [-0.25, -0.2) is 4.99 Å². The predicted molar refractivity (Wildman–Crippen MR) is 105 cm³/mol. The van der Waals surface area contributed by atoms with Crippen molar-refractivity contribution >= 4 is 35.8 Å². The Morgan fingerprint density at radius 1 is 1.13 bits per heavy atom. The Balaban J connectivity index is 0.00000484. The zero-order valence-corrected chi connectivity index (χ0v) is 17.1. The fourth-order valence-corrected chi connectivity index (χ4v) is 2.98. The number of aliphatic imine (C=N–C) groups is 1. The Morgan fingerprint density at radius 2 is 1.78 bits per heavy atom. The van der Waals surface area contributed by atoms with Crippen molar-refractivity contribution in [3.63, 3.8) is 0 Å². The van der Waals surface area contributed by atoms with Gasteiger partial charge in [-0.3, -0.25) is 4.79 Å². The van der Waals surface area contributed by atoms with E-state index in [2.05, 4.69) is 20.9 Å². The average molecular weight is 440 g/mol. The van der Waals surface area contributed by atoms with Gasteiger partial charge in [0.1, 0.15) is 6.54 Å². The molecule has 0 aromatic heterocycles. The predicted octanol–water partition coefficient (Wildman–Crippen LogP) is 1.89. The van der Waals surface area contributed by atoms with E-state index in [0.29, 0.717) is 12.0 Å². The molecule has 0 heterocycles. The molecule has 1 saturated carbocycles. The van der Waals surface area contributed by atoms with Crippen LogP contribution in [0.2, 0.25) is 0 Å². The molecule has 0 radical (unpaired) electrons. The summed E-state index contributed by atoms with van der Waals surface area (Å²) < 4.78 is 5.26. The topological polar surface area (TPSA) is 74.8 Å². The molecule has 0 aliphatic heterocycles. The second-order valence-corrected chi connectivity index (χ2v) is 5.95. The lowest BCUT2D eigenvalue weighted by atomic mass is 9.83. The molecule has 1 rings (SSSR count). The van der Waals surface area contributed by atoms with Gasteiger partial charge in [0, 0.05) is 33.4 Å². The van der Waals surface area contributed by atoms with Crippen molar-refractivity contribution in [1.29, 1.82) is 0 Å². The lowest BCUT2D eigenvalue weighted by molar-refractivity contribution is -0.119. The third-order valence-corrected chi connectivity index (χ3v) is 4.23. The summed E-state index contributed by atoms with van der Waals surface area (Å²) in [6.45, 7) is 7.20.